The van der Waals surface area contributed by atoms with Crippen LogP contribution in [0.2, 0.25) is 0 Å². The highest BCUT2D eigenvalue weighted by atomic mass is 35.5. The molecule has 30 heavy (non-hydrogen) atoms. The van der Waals surface area contributed by atoms with E-state index in [1.54, 1.807) is 4.90 Å². The number of nitrogens with one attached hydrogen (secondary N) is 2. The van der Waals surface area contributed by atoms with Crippen molar-refractivity contribution >= 4 is 30.0 Å². The van der Waals surface area contributed by atoms with E-state index in [-0.39, 0.29) is 30.0 Å². The first-order chi connectivity index (χ1) is 13.6. The van der Waals surface area contributed by atoms with Gasteiger partial charge in [-0.25, -0.2) is 0 Å². The zero-order valence-corrected chi connectivity index (χ0v) is 16.0. The lowest BCUT2D eigenvalue weighted by Crippen LogP contribution is -2.44. The Morgan fingerprint density at radius 2 is 1.73 bits per heavy atom. The summed E-state index contributed by atoms with van der Waals surface area (Å²) in [6.07, 6.45) is -9.15. The van der Waals surface area contributed by atoms with E-state index in [9.17, 15) is 26.3 Å². The molecule has 1 aromatic heterocycles. The van der Waals surface area contributed by atoms with E-state index in [0.29, 0.717) is 26.2 Å². The lowest BCUT2D eigenvalue weighted by atomic mass is 10.2. The normalized spacial score (nSPS) is 14.8. The van der Waals surface area contributed by atoms with Crippen molar-refractivity contribution in [2.45, 2.75) is 12.4 Å². The van der Waals surface area contributed by atoms with Crippen molar-refractivity contribution in [3.8, 4) is 6.01 Å². The summed E-state index contributed by atoms with van der Waals surface area (Å²) in [6, 6.07) is 3.68. The van der Waals surface area contributed by atoms with Gasteiger partial charge < -0.3 is 20.3 Å². The molecule has 2 aromatic rings. The van der Waals surface area contributed by atoms with Crippen molar-refractivity contribution in [2.24, 2.45) is 0 Å². The molecule has 0 amide bonds. The number of nitrogens with zero attached hydrogens (tertiary/aromatic N) is 4. The molecule has 0 saturated carbocycles. The monoisotopic (exact) mass is 458 g/mol. The van der Waals surface area contributed by atoms with Crippen LogP contribution < -0.4 is 20.3 Å². The first-order valence-corrected chi connectivity index (χ1v) is 8.46. The fourth-order valence-corrected chi connectivity index (χ4v) is 2.52. The maximum Gasteiger partial charge on any atom is 0.422 e. The van der Waals surface area contributed by atoms with Crippen molar-refractivity contribution in [1.82, 2.24) is 20.3 Å². The van der Waals surface area contributed by atoms with Crippen LogP contribution in [0.1, 0.15) is 5.56 Å². The zero-order chi connectivity index (χ0) is 21.1. The van der Waals surface area contributed by atoms with Crippen molar-refractivity contribution in [1.29, 1.82) is 0 Å². The third-order valence-corrected chi connectivity index (χ3v) is 3.81. The average molecular weight is 459 g/mol. The number of aromatic nitrogens is 3. The SMILES string of the molecule is Cl.FC(F)(F)COc1nc(Nc2cccc(C(F)(F)F)c2)nc(N2CCNCC2)n1. The molecule has 0 atom stereocenters. The molecule has 1 saturated heterocycles. The molecule has 0 radical (unpaired) electrons. The fourth-order valence-electron chi connectivity index (χ4n) is 2.52. The van der Waals surface area contributed by atoms with Gasteiger partial charge in [0.15, 0.2) is 6.61 Å². The summed E-state index contributed by atoms with van der Waals surface area (Å²) < 4.78 is 80.6. The van der Waals surface area contributed by atoms with E-state index >= 15 is 0 Å². The van der Waals surface area contributed by atoms with Crippen LogP contribution in [0.3, 0.4) is 0 Å². The predicted octanol–water partition coefficient (Wildman–Crippen LogP) is 3.41. The Hall–Kier alpha value is -2.54. The highest BCUT2D eigenvalue weighted by molar-refractivity contribution is 5.85. The van der Waals surface area contributed by atoms with E-state index in [0.717, 1.165) is 12.1 Å². The van der Waals surface area contributed by atoms with Gasteiger partial charge in [0.25, 0.3) is 0 Å². The molecule has 1 aliphatic heterocycles. The topological polar surface area (TPSA) is 75.2 Å². The Kier molecular flexibility index (Phi) is 7.53. The lowest BCUT2D eigenvalue weighted by molar-refractivity contribution is -0.154. The Morgan fingerprint density at radius 1 is 1.03 bits per heavy atom. The summed E-state index contributed by atoms with van der Waals surface area (Å²) >= 11 is 0. The van der Waals surface area contributed by atoms with Gasteiger partial charge in [0.2, 0.25) is 11.9 Å². The molecule has 0 bridgehead atoms. The number of piperazine rings is 1. The van der Waals surface area contributed by atoms with Gasteiger partial charge >= 0.3 is 18.4 Å². The van der Waals surface area contributed by atoms with E-state index in [1.807, 2.05) is 0 Å². The molecular weight excluding hydrogens is 442 g/mol. The third-order valence-electron chi connectivity index (χ3n) is 3.81. The van der Waals surface area contributed by atoms with Crippen LogP contribution in [-0.2, 0) is 6.18 Å². The van der Waals surface area contributed by atoms with Crippen LogP contribution in [0.15, 0.2) is 24.3 Å². The van der Waals surface area contributed by atoms with Gasteiger partial charge in [0.1, 0.15) is 0 Å². The van der Waals surface area contributed by atoms with Crippen LogP contribution in [0.5, 0.6) is 6.01 Å². The van der Waals surface area contributed by atoms with Crippen LogP contribution >= 0.6 is 12.4 Å². The highest BCUT2D eigenvalue weighted by Gasteiger charge is 2.31. The van der Waals surface area contributed by atoms with Crippen molar-refractivity contribution in [3.05, 3.63) is 29.8 Å². The van der Waals surface area contributed by atoms with Crippen LogP contribution in [0, 0.1) is 0 Å². The van der Waals surface area contributed by atoms with Gasteiger partial charge in [-0.15, -0.1) is 12.4 Å². The van der Waals surface area contributed by atoms with Crippen LogP contribution in [0.4, 0.5) is 43.9 Å². The molecular formula is C16H17ClF6N6O. The summed E-state index contributed by atoms with van der Waals surface area (Å²) in [5, 5.41) is 5.67. The Labute approximate surface area is 173 Å². The molecule has 1 fully saturated rings. The van der Waals surface area contributed by atoms with Gasteiger partial charge in [-0.05, 0) is 18.2 Å². The van der Waals surface area contributed by atoms with E-state index in [1.165, 1.54) is 12.1 Å². The first-order valence-electron chi connectivity index (χ1n) is 8.46. The molecule has 0 unspecified atom stereocenters. The molecule has 1 aliphatic rings. The summed E-state index contributed by atoms with van der Waals surface area (Å²) in [7, 11) is 0. The van der Waals surface area contributed by atoms with Crippen molar-refractivity contribution in [2.75, 3.05) is 43.0 Å². The van der Waals surface area contributed by atoms with Gasteiger partial charge in [-0.1, -0.05) is 6.07 Å². The first kappa shape index (κ1) is 23.7. The van der Waals surface area contributed by atoms with Gasteiger partial charge in [-0.3, -0.25) is 0 Å². The molecule has 0 spiro atoms. The maximum absolute atomic E-state index is 12.9. The summed E-state index contributed by atoms with van der Waals surface area (Å²) in [5.74, 6) is -0.168. The van der Waals surface area contributed by atoms with Crippen molar-refractivity contribution in [3.63, 3.8) is 0 Å². The second-order valence-corrected chi connectivity index (χ2v) is 6.09. The van der Waals surface area contributed by atoms with Gasteiger partial charge in [0, 0.05) is 31.9 Å². The van der Waals surface area contributed by atoms with E-state index < -0.39 is 30.5 Å². The van der Waals surface area contributed by atoms with Crippen molar-refractivity contribution < 1.29 is 31.1 Å². The molecule has 3 rings (SSSR count). The fraction of sp³-hybridized carbons (Fsp3) is 0.438. The smallest absolute Gasteiger partial charge is 0.422 e. The number of alkyl halides is 6. The standard InChI is InChI=1S/C16H16F6N6O.ClH/c17-15(18,19)9-29-14-26-12(25-13(27-14)28-6-4-23-5-7-28)24-11-3-1-2-10(8-11)16(20,21)22;/h1-3,8,23H,4-7,9H2,(H,24,25,26,27);1H. The molecule has 1 aromatic carbocycles. The lowest BCUT2D eigenvalue weighted by Gasteiger charge is -2.27. The number of anilines is 3. The quantitative estimate of drug-likeness (QED) is 0.665. The number of rotatable bonds is 5. The minimum Gasteiger partial charge on any atom is -0.454 e. The molecule has 7 nitrogen and oxygen atoms in total. The zero-order valence-electron chi connectivity index (χ0n) is 15.2. The van der Waals surface area contributed by atoms with E-state index in [4.69, 9.17) is 0 Å². The van der Waals surface area contributed by atoms with Crippen LogP contribution in [0.25, 0.3) is 0 Å². The number of hydrogen-bond acceptors (Lipinski definition) is 7. The second-order valence-electron chi connectivity index (χ2n) is 6.09. The maximum atomic E-state index is 12.9. The summed E-state index contributed by atoms with van der Waals surface area (Å²) in [5.41, 5.74) is -0.883. The minimum atomic E-state index is -4.60. The Bertz CT molecular complexity index is 844. The average Bonchev–Trinajstić information content (AvgIpc) is 2.66. The number of hydrogen-bond donors (Lipinski definition) is 2. The van der Waals surface area contributed by atoms with E-state index in [2.05, 4.69) is 30.3 Å². The molecule has 2 N–H and O–H groups in total. The molecule has 166 valence electrons. The number of halogens is 7. The largest absolute Gasteiger partial charge is 0.454 e. The molecule has 0 aliphatic carbocycles. The third kappa shape index (κ3) is 6.76. The Balaban J connectivity index is 0.00000320. The number of benzene rings is 1. The second kappa shape index (κ2) is 9.51. The summed E-state index contributed by atoms with van der Waals surface area (Å²) in [4.78, 5) is 13.4. The summed E-state index contributed by atoms with van der Waals surface area (Å²) in [6.45, 7) is 0.597. The Morgan fingerprint density at radius 3 is 2.37 bits per heavy atom. The number of ether oxygens (including phenoxy) is 1. The van der Waals surface area contributed by atoms with Gasteiger partial charge in [-0.2, -0.15) is 41.3 Å². The predicted molar refractivity (Wildman–Crippen MR) is 98.4 cm³/mol. The minimum absolute atomic E-state index is 0. The molecule has 14 heteroatoms. The highest BCUT2D eigenvalue weighted by Crippen LogP contribution is 2.31. The van der Waals surface area contributed by atoms with Gasteiger partial charge in [0.05, 0.1) is 5.56 Å². The molecule has 2 heterocycles. The van der Waals surface area contributed by atoms with Crippen LogP contribution in [-0.4, -0.2) is 53.9 Å².